The summed E-state index contributed by atoms with van der Waals surface area (Å²) in [5.74, 6) is 0.200. The lowest BCUT2D eigenvalue weighted by atomic mass is 10.1. The molecule has 9 heteroatoms. The third-order valence-corrected chi connectivity index (χ3v) is 5.99. The van der Waals surface area contributed by atoms with Crippen molar-refractivity contribution in [3.05, 3.63) is 79.6 Å². The van der Waals surface area contributed by atoms with Gasteiger partial charge in [0.15, 0.2) is 0 Å². The highest BCUT2D eigenvalue weighted by Gasteiger charge is 2.19. The minimum Gasteiger partial charge on any atom is -0.373 e. The Kier molecular flexibility index (Phi) is 6.83. The Morgan fingerprint density at radius 1 is 1.17 bits per heavy atom. The van der Waals surface area contributed by atoms with Gasteiger partial charge in [-0.25, -0.2) is 9.97 Å². The molecule has 182 valence electrons. The van der Waals surface area contributed by atoms with E-state index in [0.717, 1.165) is 40.9 Å². The number of amides is 1. The van der Waals surface area contributed by atoms with Gasteiger partial charge in [-0.15, -0.1) is 0 Å². The molecule has 1 amide bonds. The number of carbonyl (C=O) groups is 1. The van der Waals surface area contributed by atoms with Crippen LogP contribution in [0.1, 0.15) is 0 Å². The fourth-order valence-electron chi connectivity index (χ4n) is 4.15. The van der Waals surface area contributed by atoms with Crippen molar-refractivity contribution in [3.8, 4) is 11.3 Å². The number of aromatic nitrogens is 3. The van der Waals surface area contributed by atoms with Crippen LogP contribution in [0, 0.1) is 0 Å². The number of nitrogens with two attached hydrogens (primary N) is 1. The molecule has 9 nitrogen and oxygen atoms in total. The second kappa shape index (κ2) is 10.5. The van der Waals surface area contributed by atoms with Gasteiger partial charge in [0.2, 0.25) is 11.9 Å². The Morgan fingerprint density at radius 2 is 2.03 bits per heavy atom. The van der Waals surface area contributed by atoms with E-state index in [9.17, 15) is 4.79 Å². The number of nitrogens with zero attached hydrogens (tertiary/aromatic N) is 4. The quantitative estimate of drug-likeness (QED) is 0.342. The molecule has 0 unspecified atom stereocenters. The van der Waals surface area contributed by atoms with Crippen LogP contribution in [-0.4, -0.2) is 53.2 Å². The highest BCUT2D eigenvalue weighted by atomic mass is 16.5. The van der Waals surface area contributed by atoms with E-state index in [0.29, 0.717) is 30.5 Å². The van der Waals surface area contributed by atoms with Gasteiger partial charge >= 0.3 is 0 Å². The summed E-state index contributed by atoms with van der Waals surface area (Å²) in [7, 11) is 0. The first-order valence-corrected chi connectivity index (χ1v) is 11.7. The Hall–Kier alpha value is -4.34. The van der Waals surface area contributed by atoms with Gasteiger partial charge in [-0.3, -0.25) is 9.78 Å². The van der Waals surface area contributed by atoms with Crippen LogP contribution in [0.15, 0.2) is 79.6 Å². The number of fused-ring (bicyclic) bond motifs is 1. The largest absolute Gasteiger partial charge is 0.373 e. The molecule has 1 fully saturated rings. The predicted molar refractivity (Wildman–Crippen MR) is 142 cm³/mol. The normalized spacial score (nSPS) is 15.5. The van der Waals surface area contributed by atoms with Crippen molar-refractivity contribution in [1.29, 1.82) is 0 Å². The summed E-state index contributed by atoms with van der Waals surface area (Å²) in [6, 6.07) is 17.5. The summed E-state index contributed by atoms with van der Waals surface area (Å²) in [5.41, 5.74) is 10.7. The van der Waals surface area contributed by atoms with E-state index in [-0.39, 0.29) is 12.0 Å². The molecule has 0 spiro atoms. The lowest BCUT2D eigenvalue weighted by Gasteiger charge is -2.34. The molecular weight excluding hydrogens is 454 g/mol. The zero-order chi connectivity index (χ0) is 24.9. The van der Waals surface area contributed by atoms with E-state index in [2.05, 4.69) is 44.2 Å². The molecule has 0 bridgehead atoms. The lowest BCUT2D eigenvalue weighted by Crippen LogP contribution is -2.45. The molecular formula is C27H27N7O2. The second-order valence-electron chi connectivity index (χ2n) is 8.41. The van der Waals surface area contributed by atoms with Crippen LogP contribution in [0.2, 0.25) is 0 Å². The number of hydrogen-bond acceptors (Lipinski definition) is 8. The van der Waals surface area contributed by atoms with Crippen molar-refractivity contribution < 1.29 is 9.53 Å². The van der Waals surface area contributed by atoms with Gasteiger partial charge in [-0.05, 0) is 42.5 Å². The third-order valence-electron chi connectivity index (χ3n) is 5.99. The van der Waals surface area contributed by atoms with Crippen LogP contribution in [0.3, 0.4) is 0 Å². The highest BCUT2D eigenvalue weighted by Crippen LogP contribution is 2.29. The maximum Gasteiger partial charge on any atom is 0.247 e. The molecule has 2 aromatic carbocycles. The van der Waals surface area contributed by atoms with Gasteiger partial charge in [0.05, 0.1) is 23.9 Å². The summed E-state index contributed by atoms with van der Waals surface area (Å²) in [4.78, 5) is 27.7. The van der Waals surface area contributed by atoms with Crippen LogP contribution in [0.5, 0.6) is 0 Å². The molecule has 5 rings (SSSR count). The molecule has 0 saturated carbocycles. The van der Waals surface area contributed by atoms with Crippen LogP contribution in [0.4, 0.5) is 23.0 Å². The van der Waals surface area contributed by atoms with Gasteiger partial charge in [0.25, 0.3) is 0 Å². The van der Waals surface area contributed by atoms with Gasteiger partial charge in [-0.2, -0.15) is 0 Å². The Labute approximate surface area is 209 Å². The number of para-hydroxylation sites is 1. The smallest absolute Gasteiger partial charge is 0.247 e. The fourth-order valence-corrected chi connectivity index (χ4v) is 4.15. The molecule has 3 heterocycles. The monoisotopic (exact) mass is 481 g/mol. The van der Waals surface area contributed by atoms with E-state index in [4.69, 9.17) is 15.5 Å². The molecule has 2 aromatic heterocycles. The van der Waals surface area contributed by atoms with Crippen LogP contribution >= 0.6 is 0 Å². The number of carbonyl (C=O) groups excluding carboxylic acids is 1. The van der Waals surface area contributed by atoms with Crippen molar-refractivity contribution in [2.24, 2.45) is 5.73 Å². The average molecular weight is 482 g/mol. The summed E-state index contributed by atoms with van der Waals surface area (Å²) < 4.78 is 5.66. The maximum atomic E-state index is 11.7. The molecule has 4 N–H and O–H groups in total. The van der Waals surface area contributed by atoms with Crippen molar-refractivity contribution in [2.75, 3.05) is 41.8 Å². The first-order valence-electron chi connectivity index (χ1n) is 11.7. The fraction of sp³-hybridized carbons (Fsp3) is 0.185. The van der Waals surface area contributed by atoms with Crippen LogP contribution in [0.25, 0.3) is 22.2 Å². The Balaban J connectivity index is 1.38. The molecule has 1 aliphatic rings. The minimum absolute atomic E-state index is 0.0604. The summed E-state index contributed by atoms with van der Waals surface area (Å²) in [6.07, 6.45) is 4.73. The summed E-state index contributed by atoms with van der Waals surface area (Å²) >= 11 is 0. The molecule has 0 radical (unpaired) electrons. The van der Waals surface area contributed by atoms with Crippen molar-refractivity contribution >= 4 is 39.8 Å². The standard InChI is InChI=1S/C27H27N7O2/c1-2-25(35)31-20-10-11-29-24(14-20)23-5-3-4-18-16-30-27(33-26(18)23)32-19-6-8-21(9-7-19)34-12-13-36-22(15-28)17-34/h2-11,14,16,22H,1,12-13,15,17,28H2,(H,29,31,35)(H,30,32,33)/t22-/m1/s1. The number of pyridine rings is 1. The van der Waals surface area contributed by atoms with Crippen molar-refractivity contribution in [3.63, 3.8) is 0 Å². The first kappa shape index (κ1) is 23.4. The third kappa shape index (κ3) is 5.17. The number of morpholine rings is 1. The number of ether oxygens (including phenoxy) is 1. The molecule has 1 atom stereocenters. The lowest BCUT2D eigenvalue weighted by molar-refractivity contribution is -0.111. The van der Waals surface area contributed by atoms with E-state index >= 15 is 0 Å². The second-order valence-corrected chi connectivity index (χ2v) is 8.41. The van der Waals surface area contributed by atoms with Crippen molar-refractivity contribution in [2.45, 2.75) is 6.10 Å². The van der Waals surface area contributed by atoms with Gasteiger partial charge in [-0.1, -0.05) is 24.8 Å². The van der Waals surface area contributed by atoms with E-state index in [1.807, 2.05) is 36.4 Å². The topological polar surface area (TPSA) is 118 Å². The SMILES string of the molecule is C=CC(=O)Nc1ccnc(-c2cccc3cnc(Nc4ccc(N5CCO[C@H](CN)C5)cc4)nc23)c1. The maximum absolute atomic E-state index is 11.7. The number of rotatable bonds is 7. The zero-order valence-electron chi connectivity index (χ0n) is 19.7. The number of benzene rings is 2. The van der Waals surface area contributed by atoms with Gasteiger partial charge < -0.3 is 26.0 Å². The van der Waals surface area contributed by atoms with Crippen LogP contribution < -0.4 is 21.3 Å². The Morgan fingerprint density at radius 3 is 2.83 bits per heavy atom. The molecule has 36 heavy (non-hydrogen) atoms. The first-order chi connectivity index (χ1) is 17.6. The number of hydrogen-bond donors (Lipinski definition) is 3. The summed E-state index contributed by atoms with van der Waals surface area (Å²) in [6.45, 7) is 6.31. The molecule has 4 aromatic rings. The van der Waals surface area contributed by atoms with E-state index in [1.165, 1.54) is 6.08 Å². The average Bonchev–Trinajstić information content (AvgIpc) is 2.93. The minimum atomic E-state index is -0.280. The molecule has 0 aliphatic carbocycles. The summed E-state index contributed by atoms with van der Waals surface area (Å²) in [5, 5.41) is 6.95. The van der Waals surface area contributed by atoms with Gasteiger partial charge in [0.1, 0.15) is 0 Å². The number of nitrogens with one attached hydrogen (secondary N) is 2. The zero-order valence-corrected chi connectivity index (χ0v) is 19.7. The predicted octanol–water partition coefficient (Wildman–Crippen LogP) is 3.72. The van der Waals surface area contributed by atoms with Crippen molar-refractivity contribution in [1.82, 2.24) is 15.0 Å². The van der Waals surface area contributed by atoms with E-state index in [1.54, 1.807) is 18.5 Å². The highest BCUT2D eigenvalue weighted by molar-refractivity contribution is 5.99. The molecule has 1 aliphatic heterocycles. The van der Waals surface area contributed by atoms with Crippen LogP contribution in [-0.2, 0) is 9.53 Å². The number of anilines is 4. The molecule has 1 saturated heterocycles. The van der Waals surface area contributed by atoms with E-state index < -0.39 is 0 Å². The van der Waals surface area contributed by atoms with Gasteiger partial charge in [0, 0.05) is 60.0 Å². The Bertz CT molecular complexity index is 1390.